The van der Waals surface area contributed by atoms with Crippen LogP contribution in [0, 0.1) is 17.7 Å². The summed E-state index contributed by atoms with van der Waals surface area (Å²) in [5.41, 5.74) is 2.81. The van der Waals surface area contributed by atoms with E-state index in [9.17, 15) is 18.0 Å². The van der Waals surface area contributed by atoms with Crippen molar-refractivity contribution in [1.29, 1.82) is 0 Å². The van der Waals surface area contributed by atoms with Crippen molar-refractivity contribution in [2.45, 2.75) is 87.8 Å². The van der Waals surface area contributed by atoms with Gasteiger partial charge >= 0.3 is 6.18 Å². The highest BCUT2D eigenvalue weighted by atomic mass is 35.5. The monoisotopic (exact) mass is 622 g/mol. The maximum Gasteiger partial charge on any atom is 0.430 e. The summed E-state index contributed by atoms with van der Waals surface area (Å²) in [6.07, 6.45) is 5.95. The molecule has 4 atom stereocenters. The van der Waals surface area contributed by atoms with E-state index in [1.54, 1.807) is 0 Å². The quantitative estimate of drug-likeness (QED) is 0.495. The molecule has 5 nitrogen and oxygen atoms in total. The zero-order valence-corrected chi connectivity index (χ0v) is 24.9. The molecule has 2 aliphatic heterocycles. The third-order valence-corrected chi connectivity index (χ3v) is 10.4. The van der Waals surface area contributed by atoms with Crippen LogP contribution in [-0.4, -0.2) is 48.6 Å². The van der Waals surface area contributed by atoms with Crippen LogP contribution in [0.25, 0.3) is 0 Å². The first kappa shape index (κ1) is 31.8. The molecule has 10 heteroatoms. The molecule has 0 radical (unpaired) electrons. The first-order valence-corrected chi connectivity index (χ1v) is 15.8. The Balaban J connectivity index is 0.000000472. The molecular weight excluding hydrogens is 584 g/mol. The van der Waals surface area contributed by atoms with Crippen LogP contribution in [0.3, 0.4) is 0 Å². The van der Waals surface area contributed by atoms with Gasteiger partial charge in [0.2, 0.25) is 5.91 Å². The standard InChI is InChI=1S/C31H38ClFN2O.C2HF3O2/c32-25-16-24-12-7-14-31(29(24)27(33)18-25)20-34-19-26(31)30(36)35-15-13-23(21-8-3-1-4-9-21)17-28(35)22-10-5-2-6-11-22;3-2(4,5)1(6)7/h1,3-4,8-9,16,18,22-23,26,28,34H,2,5-7,10-15,17,19-20H2;(H,6,7)/t23-,26+,28+,31-;/m1./s1. The molecule has 2 heterocycles. The molecule has 1 saturated carbocycles. The van der Waals surface area contributed by atoms with Crippen LogP contribution in [-0.2, 0) is 21.4 Å². The lowest BCUT2D eigenvalue weighted by atomic mass is 9.63. The van der Waals surface area contributed by atoms with Gasteiger partial charge in [-0.3, -0.25) is 4.79 Å². The lowest BCUT2D eigenvalue weighted by molar-refractivity contribution is -0.640. The maximum atomic E-state index is 15.5. The molecule has 6 rings (SSSR count). The van der Waals surface area contributed by atoms with E-state index in [1.807, 2.05) is 6.07 Å². The van der Waals surface area contributed by atoms with Crippen molar-refractivity contribution in [2.24, 2.45) is 11.8 Å². The van der Waals surface area contributed by atoms with E-state index in [-0.39, 0.29) is 17.6 Å². The van der Waals surface area contributed by atoms with Gasteiger partial charge in [-0.15, -0.1) is 0 Å². The maximum absolute atomic E-state index is 15.5. The third kappa shape index (κ3) is 6.72. The fourth-order valence-electron chi connectivity index (χ4n) is 8.33. The first-order valence-electron chi connectivity index (χ1n) is 15.4. The number of piperidine rings is 1. The molecule has 1 spiro atoms. The van der Waals surface area contributed by atoms with Crippen molar-refractivity contribution in [1.82, 2.24) is 4.90 Å². The van der Waals surface area contributed by atoms with Crippen molar-refractivity contribution in [3.63, 3.8) is 0 Å². The smallest absolute Gasteiger partial charge is 0.430 e. The van der Waals surface area contributed by atoms with Gasteiger partial charge in [0.1, 0.15) is 17.7 Å². The number of nitrogens with two attached hydrogens (primary N) is 1. The number of nitrogens with zero attached hydrogens (tertiary/aromatic N) is 1. The number of alkyl halides is 3. The summed E-state index contributed by atoms with van der Waals surface area (Å²) in [7, 11) is 0. The number of rotatable bonds is 3. The molecule has 0 bridgehead atoms. The average molecular weight is 623 g/mol. The van der Waals surface area contributed by atoms with Gasteiger partial charge in [-0.1, -0.05) is 61.2 Å². The van der Waals surface area contributed by atoms with Gasteiger partial charge in [-0.25, -0.2) is 4.39 Å². The van der Waals surface area contributed by atoms with Gasteiger partial charge in [0, 0.05) is 23.2 Å². The summed E-state index contributed by atoms with van der Waals surface area (Å²) in [6, 6.07) is 14.6. The molecule has 4 aliphatic rings. The Morgan fingerprint density at radius 2 is 1.72 bits per heavy atom. The van der Waals surface area contributed by atoms with Crippen molar-refractivity contribution in [3.8, 4) is 0 Å². The number of carboxylic acids is 1. The first-order chi connectivity index (χ1) is 20.5. The summed E-state index contributed by atoms with van der Waals surface area (Å²) >= 11 is 6.24. The lowest BCUT2D eigenvalue weighted by Gasteiger charge is -2.47. The van der Waals surface area contributed by atoms with Crippen LogP contribution >= 0.6 is 11.6 Å². The molecule has 3 fully saturated rings. The number of likely N-dealkylation sites (tertiary alicyclic amines) is 1. The predicted molar refractivity (Wildman–Crippen MR) is 153 cm³/mol. The number of aliphatic carboxylic acids is 1. The number of quaternary nitrogens is 1. The van der Waals surface area contributed by atoms with Crippen LogP contribution in [0.1, 0.15) is 80.4 Å². The predicted octanol–water partition coefficient (Wildman–Crippen LogP) is 4.90. The normalized spacial score (nSPS) is 27.7. The van der Waals surface area contributed by atoms with Crippen molar-refractivity contribution in [2.75, 3.05) is 19.6 Å². The van der Waals surface area contributed by atoms with E-state index >= 15 is 4.39 Å². The Morgan fingerprint density at radius 1 is 1.02 bits per heavy atom. The summed E-state index contributed by atoms with van der Waals surface area (Å²) < 4.78 is 47.0. The molecule has 0 aromatic heterocycles. The molecule has 2 N–H and O–H groups in total. The highest BCUT2D eigenvalue weighted by Gasteiger charge is 2.56. The largest absolute Gasteiger partial charge is 0.542 e. The Hall–Kier alpha value is -2.65. The number of carboxylic acid groups (broad SMARTS) is 1. The Morgan fingerprint density at radius 3 is 2.40 bits per heavy atom. The second-order valence-corrected chi connectivity index (χ2v) is 13.1. The number of aryl methyl sites for hydroxylation is 1. The Bertz CT molecular complexity index is 1300. The fourth-order valence-corrected chi connectivity index (χ4v) is 8.56. The molecule has 0 unspecified atom stereocenters. The molecule has 2 aromatic rings. The zero-order chi connectivity index (χ0) is 30.8. The van der Waals surface area contributed by atoms with Crippen molar-refractivity contribution in [3.05, 3.63) is 70.0 Å². The molecule has 2 aliphatic carbocycles. The number of hydrogen-bond donors (Lipinski definition) is 1. The number of hydrogen-bond acceptors (Lipinski definition) is 3. The van der Waals surface area contributed by atoms with Gasteiger partial charge in [0.15, 0.2) is 0 Å². The molecule has 2 aromatic carbocycles. The van der Waals surface area contributed by atoms with E-state index in [1.165, 1.54) is 43.7 Å². The SMILES string of the molecule is O=C([C@@H]1C[NH2+]C[C@]12CCCc1cc(Cl)cc(F)c12)N1CC[C@@H](c2ccccc2)C[C@H]1C1CCCCC1.O=C([O-])C(F)(F)F. The minimum atomic E-state index is -5.19. The second kappa shape index (κ2) is 13.1. The van der Waals surface area contributed by atoms with Crippen LogP contribution in [0.4, 0.5) is 17.6 Å². The summed E-state index contributed by atoms with van der Waals surface area (Å²) in [6.45, 7) is 2.38. The highest BCUT2D eigenvalue weighted by Crippen LogP contribution is 2.47. The molecule has 234 valence electrons. The minimum absolute atomic E-state index is 0.161. The van der Waals surface area contributed by atoms with Gasteiger partial charge < -0.3 is 20.1 Å². The number of carbonyl (C=O) groups excluding carboxylic acids is 2. The van der Waals surface area contributed by atoms with Gasteiger partial charge in [0.25, 0.3) is 0 Å². The molecule has 43 heavy (non-hydrogen) atoms. The highest BCUT2D eigenvalue weighted by molar-refractivity contribution is 6.30. The van der Waals surface area contributed by atoms with Crippen LogP contribution in [0.5, 0.6) is 0 Å². The molecular formula is C33H39ClF4N2O3. The third-order valence-electron chi connectivity index (χ3n) is 10.2. The summed E-state index contributed by atoms with van der Waals surface area (Å²) in [5.74, 6) is -1.99. The molecule has 1 amide bonds. The van der Waals surface area contributed by atoms with Crippen molar-refractivity contribution < 1.29 is 37.6 Å². The van der Waals surface area contributed by atoms with E-state index in [0.29, 0.717) is 22.9 Å². The fraction of sp³-hybridized carbons (Fsp3) is 0.576. The van der Waals surface area contributed by atoms with E-state index in [2.05, 4.69) is 40.5 Å². The summed E-state index contributed by atoms with van der Waals surface area (Å²) in [5, 5.41) is 11.5. The Labute approximate surface area is 255 Å². The van der Waals surface area contributed by atoms with Gasteiger partial charge in [-0.05, 0) is 80.0 Å². The van der Waals surface area contributed by atoms with E-state index in [0.717, 1.165) is 62.9 Å². The van der Waals surface area contributed by atoms with Crippen LogP contribution in [0.2, 0.25) is 5.02 Å². The number of halogens is 5. The van der Waals surface area contributed by atoms with E-state index in [4.69, 9.17) is 21.5 Å². The number of carbonyl (C=O) groups is 2. The van der Waals surface area contributed by atoms with Crippen molar-refractivity contribution >= 4 is 23.5 Å². The second-order valence-electron chi connectivity index (χ2n) is 12.6. The zero-order valence-electron chi connectivity index (χ0n) is 24.2. The summed E-state index contributed by atoms with van der Waals surface area (Å²) in [4.78, 5) is 25.6. The van der Waals surface area contributed by atoms with E-state index < -0.39 is 17.6 Å². The topological polar surface area (TPSA) is 77.0 Å². The van der Waals surface area contributed by atoms with Gasteiger partial charge in [0.05, 0.1) is 18.5 Å². The number of fused-ring (bicyclic) bond motifs is 2. The Kier molecular flexibility index (Phi) is 9.71. The number of benzene rings is 2. The van der Waals surface area contributed by atoms with Crippen LogP contribution < -0.4 is 10.4 Å². The lowest BCUT2D eigenvalue weighted by Crippen LogP contribution is -2.82. The average Bonchev–Trinajstić information content (AvgIpc) is 3.40. The number of amides is 1. The van der Waals surface area contributed by atoms with Crippen LogP contribution in [0.15, 0.2) is 42.5 Å². The van der Waals surface area contributed by atoms with Gasteiger partial charge in [-0.2, -0.15) is 13.2 Å². The molecule has 2 saturated heterocycles. The minimum Gasteiger partial charge on any atom is -0.542 e.